The van der Waals surface area contributed by atoms with Gasteiger partial charge in [0, 0.05) is 48.9 Å². The van der Waals surface area contributed by atoms with E-state index in [0.717, 1.165) is 30.0 Å². The minimum absolute atomic E-state index is 0.0877. The van der Waals surface area contributed by atoms with Crippen molar-refractivity contribution in [2.45, 2.75) is 12.3 Å². The molecule has 0 radical (unpaired) electrons. The van der Waals surface area contributed by atoms with Crippen molar-refractivity contribution in [3.8, 4) is 17.0 Å². The summed E-state index contributed by atoms with van der Waals surface area (Å²) < 4.78 is 12.4. The Morgan fingerprint density at radius 2 is 2.19 bits per heavy atom. The maximum absolute atomic E-state index is 12.6. The second-order valence-electron chi connectivity index (χ2n) is 7.22. The molecule has 1 fully saturated rings. The van der Waals surface area contributed by atoms with Crippen LogP contribution in [0.4, 0.5) is 0 Å². The van der Waals surface area contributed by atoms with Gasteiger partial charge in [0.05, 0.1) is 19.0 Å². The van der Waals surface area contributed by atoms with Gasteiger partial charge in [-0.15, -0.1) is 0 Å². The van der Waals surface area contributed by atoms with Gasteiger partial charge in [-0.25, -0.2) is 0 Å². The number of amides is 1. The summed E-state index contributed by atoms with van der Waals surface area (Å²) in [6.07, 6.45) is 2.44. The average molecular weight is 364 g/mol. The van der Waals surface area contributed by atoms with Crippen LogP contribution in [0.1, 0.15) is 27.7 Å². The van der Waals surface area contributed by atoms with Crippen molar-refractivity contribution in [2.75, 3.05) is 20.2 Å². The number of methoxy groups -OCH3 is 1. The molecule has 0 bridgehead atoms. The zero-order valence-corrected chi connectivity index (χ0v) is 15.3. The van der Waals surface area contributed by atoms with Crippen molar-refractivity contribution in [1.29, 1.82) is 0 Å². The third kappa shape index (κ3) is 2.45. The molecule has 0 spiro atoms. The number of likely N-dealkylation sites (tertiary alicyclic amines) is 1. The lowest BCUT2D eigenvalue weighted by Gasteiger charge is -2.15. The number of aromatic nitrogens is 3. The Hall–Kier alpha value is -3.09. The van der Waals surface area contributed by atoms with Crippen molar-refractivity contribution < 1.29 is 14.1 Å². The van der Waals surface area contributed by atoms with E-state index in [1.165, 1.54) is 17.5 Å². The summed E-state index contributed by atoms with van der Waals surface area (Å²) in [5.41, 5.74) is 4.58. The molecular weight excluding hydrogens is 344 g/mol. The Labute approximate surface area is 156 Å². The number of aryl methyl sites for hydroxylation is 1. The molecule has 2 aromatic heterocycles. The molecule has 1 saturated heterocycles. The second kappa shape index (κ2) is 5.97. The van der Waals surface area contributed by atoms with E-state index in [2.05, 4.69) is 11.2 Å². The van der Waals surface area contributed by atoms with E-state index in [9.17, 15) is 4.79 Å². The number of carbonyl (C=O) groups excluding carboxylic acids is 1. The molecule has 2 aliphatic rings. The molecule has 1 amide bonds. The first kappa shape index (κ1) is 16.1. The van der Waals surface area contributed by atoms with Crippen LogP contribution in [0, 0.1) is 5.92 Å². The number of fused-ring (bicyclic) bond motifs is 3. The number of benzene rings is 1. The number of hydrogen-bond donors (Lipinski definition) is 0. The van der Waals surface area contributed by atoms with E-state index in [-0.39, 0.29) is 5.91 Å². The highest BCUT2D eigenvalue weighted by molar-refractivity contribution is 5.91. The van der Waals surface area contributed by atoms with E-state index in [4.69, 9.17) is 14.4 Å². The molecular formula is C20H20N4O3. The highest BCUT2D eigenvalue weighted by Gasteiger charge is 2.45. The van der Waals surface area contributed by atoms with Crippen molar-refractivity contribution >= 4 is 5.91 Å². The fourth-order valence-electron chi connectivity index (χ4n) is 4.49. The van der Waals surface area contributed by atoms with Crippen molar-refractivity contribution in [3.05, 3.63) is 53.5 Å². The third-order valence-corrected chi connectivity index (χ3v) is 5.75. The van der Waals surface area contributed by atoms with E-state index < -0.39 is 0 Å². The van der Waals surface area contributed by atoms with Crippen LogP contribution in [0.3, 0.4) is 0 Å². The standard InChI is InChI=1S/C20H20N4O3/c1-23-16-9-13-10-24(20(25)17-6-7-21-27-17)11-15(13)18(16)19(22-23)12-4-3-5-14(8-12)26-2/h3-8,13,15H,9-11H2,1-2H3/t13-,15+/m0/s1. The SMILES string of the molecule is COc1cccc(-c2nn(C)c3c2[C@@H]2CN(C(=O)c4ccno4)C[C@@H]2C3)c1. The van der Waals surface area contributed by atoms with Gasteiger partial charge in [-0.1, -0.05) is 17.3 Å². The molecule has 7 heteroatoms. The Kier molecular flexibility index (Phi) is 3.56. The van der Waals surface area contributed by atoms with Gasteiger partial charge in [-0.05, 0) is 24.5 Å². The lowest BCUT2D eigenvalue weighted by atomic mass is 9.94. The monoisotopic (exact) mass is 364 g/mol. The molecule has 5 rings (SSSR count). The second-order valence-corrected chi connectivity index (χ2v) is 7.22. The van der Waals surface area contributed by atoms with Gasteiger partial charge in [-0.3, -0.25) is 9.48 Å². The molecule has 1 aliphatic carbocycles. The number of ether oxygens (including phenoxy) is 1. The molecule has 0 saturated carbocycles. The first-order valence-corrected chi connectivity index (χ1v) is 9.06. The molecule has 1 aliphatic heterocycles. The number of nitrogens with zero attached hydrogens (tertiary/aromatic N) is 4. The lowest BCUT2D eigenvalue weighted by molar-refractivity contribution is 0.0743. The predicted octanol–water partition coefficient (Wildman–Crippen LogP) is 2.50. The van der Waals surface area contributed by atoms with Crippen LogP contribution in [0.5, 0.6) is 5.75 Å². The van der Waals surface area contributed by atoms with Gasteiger partial charge in [0.15, 0.2) is 0 Å². The topological polar surface area (TPSA) is 73.4 Å². The van der Waals surface area contributed by atoms with E-state index in [1.54, 1.807) is 13.2 Å². The fraction of sp³-hybridized carbons (Fsp3) is 0.350. The van der Waals surface area contributed by atoms with Crippen LogP contribution < -0.4 is 4.74 Å². The molecule has 3 aromatic rings. The van der Waals surface area contributed by atoms with E-state index in [1.807, 2.05) is 34.8 Å². The quantitative estimate of drug-likeness (QED) is 0.714. The van der Waals surface area contributed by atoms with Crippen molar-refractivity contribution in [1.82, 2.24) is 19.8 Å². The van der Waals surface area contributed by atoms with E-state index >= 15 is 0 Å². The number of hydrogen-bond acceptors (Lipinski definition) is 5. The first-order chi connectivity index (χ1) is 13.2. The summed E-state index contributed by atoms with van der Waals surface area (Å²) in [6, 6.07) is 9.61. The summed E-state index contributed by atoms with van der Waals surface area (Å²) >= 11 is 0. The highest BCUT2D eigenvalue weighted by Crippen LogP contribution is 2.47. The van der Waals surface area contributed by atoms with Crippen LogP contribution in [-0.4, -0.2) is 45.9 Å². The summed E-state index contributed by atoms with van der Waals surface area (Å²) in [5, 5.41) is 8.44. The summed E-state index contributed by atoms with van der Waals surface area (Å²) in [5.74, 6) is 1.74. The van der Waals surface area contributed by atoms with Crippen LogP contribution in [-0.2, 0) is 13.5 Å². The van der Waals surface area contributed by atoms with Gasteiger partial charge < -0.3 is 14.2 Å². The zero-order chi connectivity index (χ0) is 18.5. The van der Waals surface area contributed by atoms with Gasteiger partial charge in [0.2, 0.25) is 5.76 Å². The number of carbonyl (C=O) groups is 1. The fourth-order valence-corrected chi connectivity index (χ4v) is 4.49. The van der Waals surface area contributed by atoms with Gasteiger partial charge >= 0.3 is 0 Å². The van der Waals surface area contributed by atoms with Crippen LogP contribution in [0.25, 0.3) is 11.3 Å². The smallest absolute Gasteiger partial charge is 0.292 e. The molecule has 0 N–H and O–H groups in total. The largest absolute Gasteiger partial charge is 0.497 e. The highest BCUT2D eigenvalue weighted by atomic mass is 16.5. The predicted molar refractivity (Wildman–Crippen MR) is 97.5 cm³/mol. The Bertz CT molecular complexity index is 1010. The molecule has 0 unspecified atom stereocenters. The molecule has 7 nitrogen and oxygen atoms in total. The number of rotatable bonds is 3. The summed E-state index contributed by atoms with van der Waals surface area (Å²) in [4.78, 5) is 14.5. The Morgan fingerprint density at radius 3 is 2.96 bits per heavy atom. The Morgan fingerprint density at radius 1 is 1.30 bits per heavy atom. The van der Waals surface area contributed by atoms with Crippen LogP contribution >= 0.6 is 0 Å². The molecule has 138 valence electrons. The maximum atomic E-state index is 12.6. The van der Waals surface area contributed by atoms with Gasteiger partial charge in [-0.2, -0.15) is 5.10 Å². The van der Waals surface area contributed by atoms with Gasteiger partial charge in [0.1, 0.15) is 5.75 Å². The zero-order valence-electron chi connectivity index (χ0n) is 15.3. The van der Waals surface area contributed by atoms with Gasteiger partial charge in [0.25, 0.3) is 5.91 Å². The van der Waals surface area contributed by atoms with Crippen LogP contribution in [0.15, 0.2) is 41.1 Å². The van der Waals surface area contributed by atoms with Crippen molar-refractivity contribution in [3.63, 3.8) is 0 Å². The minimum Gasteiger partial charge on any atom is -0.497 e. The third-order valence-electron chi connectivity index (χ3n) is 5.75. The first-order valence-electron chi connectivity index (χ1n) is 9.06. The average Bonchev–Trinajstić information content (AvgIpc) is 3.44. The molecule has 3 heterocycles. The van der Waals surface area contributed by atoms with Crippen molar-refractivity contribution in [2.24, 2.45) is 13.0 Å². The summed E-state index contributed by atoms with van der Waals surface area (Å²) in [7, 11) is 3.67. The molecule has 27 heavy (non-hydrogen) atoms. The minimum atomic E-state index is -0.0877. The molecule has 2 atom stereocenters. The summed E-state index contributed by atoms with van der Waals surface area (Å²) in [6.45, 7) is 1.41. The lowest BCUT2D eigenvalue weighted by Crippen LogP contribution is -2.29. The maximum Gasteiger partial charge on any atom is 0.292 e. The van der Waals surface area contributed by atoms with Crippen LogP contribution in [0.2, 0.25) is 0 Å². The normalized spacial score (nSPS) is 20.6. The Balaban J connectivity index is 1.49. The van der Waals surface area contributed by atoms with E-state index in [0.29, 0.717) is 24.1 Å². The molecule has 1 aromatic carbocycles.